The number of hydrogen-bond donors (Lipinski definition) is 4. The van der Waals surface area contributed by atoms with Crippen LogP contribution in [0.2, 0.25) is 0 Å². The van der Waals surface area contributed by atoms with Gasteiger partial charge in [0.25, 0.3) is 11.8 Å². The van der Waals surface area contributed by atoms with Crippen LogP contribution < -0.4 is 10.6 Å². The van der Waals surface area contributed by atoms with Gasteiger partial charge in [0, 0.05) is 94.5 Å². The molecule has 2 aromatic carbocycles. The summed E-state index contributed by atoms with van der Waals surface area (Å²) in [4.78, 5) is 78.4. The fourth-order valence-corrected chi connectivity index (χ4v) is 8.63. The number of ketones is 1. The van der Waals surface area contributed by atoms with Crippen molar-refractivity contribution in [2.75, 3.05) is 138 Å². The Hall–Kier alpha value is -6.14. The van der Waals surface area contributed by atoms with Crippen molar-refractivity contribution >= 4 is 35.4 Å². The van der Waals surface area contributed by atoms with E-state index in [0.717, 1.165) is 28.7 Å². The van der Waals surface area contributed by atoms with Gasteiger partial charge >= 0.3 is 12.1 Å². The van der Waals surface area contributed by atoms with E-state index in [1.165, 1.54) is 12.2 Å². The van der Waals surface area contributed by atoms with Crippen LogP contribution in [0.3, 0.4) is 0 Å². The van der Waals surface area contributed by atoms with Crippen molar-refractivity contribution in [2.45, 2.75) is 71.3 Å². The number of imidazole rings is 1. The molecule has 2 aliphatic rings. The van der Waals surface area contributed by atoms with Crippen LogP contribution in [0.25, 0.3) is 11.3 Å². The van der Waals surface area contributed by atoms with Gasteiger partial charge in [0.1, 0.15) is 29.8 Å². The largest absolute Gasteiger partial charge is 0.490 e. The lowest BCUT2D eigenvalue weighted by molar-refractivity contribution is -0.192. The number of rotatable bonds is 40. The number of carbonyl (C=O) groups excluding carboxylic acids is 5. The minimum atomic E-state index is -5.08. The number of nitrogens with one attached hydrogen (secondary N) is 2. The molecular weight excluding hydrogens is 1120 g/mol. The van der Waals surface area contributed by atoms with Gasteiger partial charge in [0.2, 0.25) is 11.8 Å². The summed E-state index contributed by atoms with van der Waals surface area (Å²) in [6.07, 6.45) is 0.133. The molecule has 0 bridgehead atoms. The lowest BCUT2D eigenvalue weighted by Crippen LogP contribution is -2.50. The molecule has 468 valence electrons. The third-order valence-corrected chi connectivity index (χ3v) is 12.7. The first kappa shape index (κ1) is 70.3. The van der Waals surface area contributed by atoms with Crippen LogP contribution in [0.5, 0.6) is 0 Å². The monoisotopic (exact) mass is 1200 g/mol. The van der Waals surface area contributed by atoms with E-state index < -0.39 is 47.8 Å². The number of carboxylic acid groups (broad SMARTS) is 1. The summed E-state index contributed by atoms with van der Waals surface area (Å²) in [5.74, 6) is -5.32. The zero-order valence-corrected chi connectivity index (χ0v) is 47.8. The Morgan fingerprint density at radius 2 is 1.24 bits per heavy atom. The van der Waals surface area contributed by atoms with E-state index in [1.54, 1.807) is 11.1 Å². The number of benzene rings is 2. The smallest absolute Gasteiger partial charge is 0.475 e. The molecule has 4 N–H and O–H groups in total. The number of hydrogen-bond acceptors (Lipinski definition) is 17. The molecule has 4 amide bonds. The number of aliphatic hydroxyl groups excluding tert-OH is 1. The quantitative estimate of drug-likeness (QED) is 0.0351. The predicted molar refractivity (Wildman–Crippen MR) is 292 cm³/mol. The van der Waals surface area contributed by atoms with Crippen LogP contribution in [0.4, 0.5) is 22.0 Å². The SMILES string of the molecule is CC(C)(C)[C@H](c1nc(-c2cc(F)ccc2F)cn1Cc1ccccc1)N(CC1CNCC1NC(=O)CCOCCOCCOCCOCCOCCOCCOCCOCCCC(=O)CCN1C(=O)C=CC1=O)C(=O)CO.O=C(O)C(F)(F)F. The summed E-state index contributed by atoms with van der Waals surface area (Å²) in [6, 6.07) is 11.8. The van der Waals surface area contributed by atoms with E-state index in [0.29, 0.717) is 137 Å². The fraction of sp³-hybridized carbons (Fsp3) is 0.596. The molecule has 1 aromatic heterocycles. The number of halogens is 5. The molecule has 2 unspecified atom stereocenters. The minimum Gasteiger partial charge on any atom is -0.475 e. The number of aliphatic carboxylic acids is 1. The van der Waals surface area contributed by atoms with Crippen molar-refractivity contribution < 1.29 is 98.8 Å². The summed E-state index contributed by atoms with van der Waals surface area (Å²) >= 11 is 0. The second kappa shape index (κ2) is 38.0. The van der Waals surface area contributed by atoms with Crippen LogP contribution >= 0.6 is 0 Å². The van der Waals surface area contributed by atoms with Gasteiger partial charge in [0.15, 0.2) is 0 Å². The zero-order chi connectivity index (χ0) is 61.3. The first-order chi connectivity index (χ1) is 40.2. The second-order valence-electron chi connectivity index (χ2n) is 20.3. The average Bonchev–Trinajstić information content (AvgIpc) is 4.35. The summed E-state index contributed by atoms with van der Waals surface area (Å²) in [6.45, 7) is 12.8. The Morgan fingerprint density at radius 1 is 0.726 bits per heavy atom. The van der Waals surface area contributed by atoms with Gasteiger partial charge in [-0.3, -0.25) is 28.9 Å². The van der Waals surface area contributed by atoms with Crippen molar-refractivity contribution in [3.63, 3.8) is 0 Å². The van der Waals surface area contributed by atoms with Crippen LogP contribution in [0, 0.1) is 23.0 Å². The molecular formula is C57H79F5N6O16. The van der Waals surface area contributed by atoms with Crippen molar-refractivity contribution in [1.29, 1.82) is 0 Å². The van der Waals surface area contributed by atoms with Gasteiger partial charge in [-0.2, -0.15) is 13.2 Å². The maximum Gasteiger partial charge on any atom is 0.490 e. The highest BCUT2D eigenvalue weighted by molar-refractivity contribution is 6.13. The number of nitrogens with zero attached hydrogens (tertiary/aromatic N) is 4. The Balaban J connectivity index is 0.00000203. The fourth-order valence-electron chi connectivity index (χ4n) is 8.63. The molecule has 3 heterocycles. The Morgan fingerprint density at radius 3 is 1.74 bits per heavy atom. The molecule has 27 heteroatoms. The molecule has 1 fully saturated rings. The lowest BCUT2D eigenvalue weighted by Gasteiger charge is -2.41. The van der Waals surface area contributed by atoms with Gasteiger partial charge < -0.3 is 68.2 Å². The Kier molecular flexibility index (Phi) is 31.8. The number of ether oxygens (including phenoxy) is 8. The molecule has 2 aliphatic heterocycles. The number of carboxylic acids is 1. The average molecular weight is 1200 g/mol. The van der Waals surface area contributed by atoms with E-state index in [9.17, 15) is 46.6 Å². The number of aliphatic hydroxyl groups is 1. The van der Waals surface area contributed by atoms with Crippen LogP contribution in [-0.4, -0.2) is 216 Å². The normalized spacial score (nSPS) is 15.6. The van der Waals surface area contributed by atoms with Crippen LogP contribution in [0.1, 0.15) is 63.9 Å². The Bertz CT molecular complexity index is 2500. The van der Waals surface area contributed by atoms with E-state index in [2.05, 4.69) is 10.6 Å². The van der Waals surface area contributed by atoms with Crippen molar-refractivity contribution in [3.8, 4) is 11.3 Å². The van der Waals surface area contributed by atoms with Crippen molar-refractivity contribution in [3.05, 3.63) is 89.9 Å². The molecule has 0 radical (unpaired) electrons. The van der Waals surface area contributed by atoms with Crippen molar-refractivity contribution in [2.24, 2.45) is 11.3 Å². The van der Waals surface area contributed by atoms with Gasteiger partial charge in [-0.1, -0.05) is 51.1 Å². The molecule has 5 rings (SSSR count). The molecule has 0 spiro atoms. The number of carbonyl (C=O) groups is 6. The van der Waals surface area contributed by atoms with Gasteiger partial charge in [-0.25, -0.2) is 18.6 Å². The first-order valence-electron chi connectivity index (χ1n) is 27.6. The van der Waals surface area contributed by atoms with Gasteiger partial charge in [0.05, 0.1) is 111 Å². The maximum absolute atomic E-state index is 15.2. The second-order valence-corrected chi connectivity index (χ2v) is 20.3. The van der Waals surface area contributed by atoms with Gasteiger partial charge in [-0.05, 0) is 35.6 Å². The number of alkyl halides is 3. The summed E-state index contributed by atoms with van der Waals surface area (Å²) in [7, 11) is 0. The molecule has 0 saturated carbocycles. The molecule has 0 aliphatic carbocycles. The number of Topliss-reactive ketones (excluding diaryl/α,β-unsaturated/α-hetero) is 1. The highest BCUT2D eigenvalue weighted by atomic mass is 19.4. The van der Waals surface area contributed by atoms with E-state index in [-0.39, 0.29) is 79.3 Å². The van der Waals surface area contributed by atoms with Crippen LogP contribution in [0.15, 0.2) is 66.9 Å². The summed E-state index contributed by atoms with van der Waals surface area (Å²) in [5, 5.41) is 23.8. The molecule has 1 saturated heterocycles. The lowest BCUT2D eigenvalue weighted by atomic mass is 9.84. The molecule has 22 nitrogen and oxygen atoms in total. The molecule has 3 aromatic rings. The Labute approximate surface area is 485 Å². The highest BCUT2D eigenvalue weighted by Crippen LogP contribution is 2.40. The summed E-state index contributed by atoms with van der Waals surface area (Å²) < 4.78 is 107. The number of amides is 4. The first-order valence-corrected chi connectivity index (χ1v) is 27.6. The van der Waals surface area contributed by atoms with Gasteiger partial charge in [-0.15, -0.1) is 0 Å². The third-order valence-electron chi connectivity index (χ3n) is 12.7. The molecule has 3 atom stereocenters. The molecule has 84 heavy (non-hydrogen) atoms. The highest BCUT2D eigenvalue weighted by Gasteiger charge is 2.42. The van der Waals surface area contributed by atoms with E-state index >= 15 is 4.39 Å². The van der Waals surface area contributed by atoms with Crippen molar-refractivity contribution in [1.82, 2.24) is 30.0 Å². The predicted octanol–water partition coefficient (Wildman–Crippen LogP) is 4.31. The number of aromatic nitrogens is 2. The minimum absolute atomic E-state index is 0.0117. The van der Waals surface area contributed by atoms with E-state index in [1.807, 2.05) is 55.7 Å². The standard InChI is InChI=1S/C55H78F2N6O14.C2HF3O2/c1-55(2,3)53(54-60-48(45-34-43(56)11-12-46(45)57)39-61(54)37-41-8-5-4-6-9-41)63(52(69)40-64)38-42-35-58-36-47(42)59-49(66)16-19-71-21-23-73-25-27-75-29-31-77-33-32-76-30-28-74-26-24-72-22-20-70-18-7-10-44(65)15-17-62-50(67)13-14-51(62)68;3-2(4,5)1(6)7/h4-6,8-9,11-14,34,39,42,47,53,58,64H,7,10,15-33,35-38,40H2,1-3H3,(H,59,66);(H,6,7)/t42?,47?,53-;/m0./s1. The zero-order valence-electron chi connectivity index (χ0n) is 47.8. The van der Waals surface area contributed by atoms with E-state index in [4.69, 9.17) is 52.8 Å². The topological polar surface area (TPSA) is 265 Å². The maximum atomic E-state index is 15.2. The summed E-state index contributed by atoms with van der Waals surface area (Å²) in [5.41, 5.74) is 0.481. The van der Waals surface area contributed by atoms with Crippen LogP contribution in [-0.2, 0) is 73.2 Å². The number of imide groups is 1. The third kappa shape index (κ3) is 26.4.